The molecule has 0 unspecified atom stereocenters. The average Bonchev–Trinajstić information content (AvgIpc) is 2.73. The Hall–Kier alpha value is -2.55. The normalized spacial score (nSPS) is 16.4. The highest BCUT2D eigenvalue weighted by Crippen LogP contribution is 2.18. The van der Waals surface area contributed by atoms with Gasteiger partial charge in [0.25, 0.3) is 5.91 Å². The van der Waals surface area contributed by atoms with Crippen molar-refractivity contribution in [1.82, 2.24) is 14.6 Å². The van der Waals surface area contributed by atoms with E-state index in [2.05, 4.69) is 10.5 Å². The van der Waals surface area contributed by atoms with E-state index in [1.54, 1.807) is 24.3 Å². The molecule has 1 N–H and O–H groups in total. The first-order valence-electron chi connectivity index (χ1n) is 9.95. The third kappa shape index (κ3) is 5.53. The Morgan fingerprint density at radius 1 is 0.933 bits per heavy atom. The van der Waals surface area contributed by atoms with Gasteiger partial charge in [-0.3, -0.25) is 9.69 Å². The molecule has 1 heterocycles. The highest BCUT2D eigenvalue weighted by atomic mass is 32.2. The van der Waals surface area contributed by atoms with Crippen molar-refractivity contribution in [1.29, 1.82) is 0 Å². The van der Waals surface area contributed by atoms with Gasteiger partial charge in [-0.25, -0.2) is 13.8 Å². The molecule has 0 saturated carbocycles. The molecule has 1 saturated heterocycles. The molecular weight excluding hydrogens is 400 g/mol. The van der Waals surface area contributed by atoms with Gasteiger partial charge in [-0.2, -0.15) is 9.41 Å². The van der Waals surface area contributed by atoms with E-state index in [0.717, 1.165) is 16.8 Å². The molecule has 1 amide bonds. The van der Waals surface area contributed by atoms with Gasteiger partial charge in [0.1, 0.15) is 0 Å². The molecule has 0 aliphatic carbocycles. The number of carbonyl (C=O) groups excluding carboxylic acids is 1. The van der Waals surface area contributed by atoms with Crippen molar-refractivity contribution in [2.75, 3.05) is 32.7 Å². The van der Waals surface area contributed by atoms with Crippen LogP contribution in [0.4, 0.5) is 0 Å². The number of nitrogens with zero attached hydrogens (tertiary/aromatic N) is 3. The maximum atomic E-state index is 12.8. The lowest BCUT2D eigenvalue weighted by Gasteiger charge is -2.33. The SMILES string of the molecule is CC(=NNC(=O)CN1CCN(S(=O)(=O)c2ccc(C)cc2)CC1)c1ccc(C)cc1. The van der Waals surface area contributed by atoms with E-state index in [0.29, 0.717) is 31.1 Å². The van der Waals surface area contributed by atoms with Crippen molar-refractivity contribution in [2.24, 2.45) is 5.10 Å². The van der Waals surface area contributed by atoms with Crippen LogP contribution in [0.5, 0.6) is 0 Å². The smallest absolute Gasteiger partial charge is 0.254 e. The molecule has 1 fully saturated rings. The quantitative estimate of drug-likeness (QED) is 0.565. The first-order chi connectivity index (χ1) is 14.3. The van der Waals surface area contributed by atoms with Crippen LogP contribution in [0, 0.1) is 13.8 Å². The molecule has 7 nitrogen and oxygen atoms in total. The number of rotatable bonds is 6. The highest BCUT2D eigenvalue weighted by Gasteiger charge is 2.28. The van der Waals surface area contributed by atoms with Crippen LogP contribution in [0.2, 0.25) is 0 Å². The fourth-order valence-corrected chi connectivity index (χ4v) is 4.65. The Labute approximate surface area is 178 Å². The number of hydrogen-bond acceptors (Lipinski definition) is 5. The van der Waals surface area contributed by atoms with Crippen LogP contribution in [0.1, 0.15) is 23.6 Å². The number of piperazine rings is 1. The summed E-state index contributed by atoms with van der Waals surface area (Å²) in [5.74, 6) is -0.212. The van der Waals surface area contributed by atoms with E-state index >= 15 is 0 Å². The van der Waals surface area contributed by atoms with Gasteiger partial charge in [0.15, 0.2) is 0 Å². The maximum absolute atomic E-state index is 12.8. The Kier molecular flexibility index (Phi) is 7.02. The molecule has 0 radical (unpaired) electrons. The molecule has 3 rings (SSSR count). The molecule has 160 valence electrons. The molecule has 0 aromatic heterocycles. The molecule has 30 heavy (non-hydrogen) atoms. The van der Waals surface area contributed by atoms with Gasteiger partial charge in [-0.15, -0.1) is 0 Å². The summed E-state index contributed by atoms with van der Waals surface area (Å²) in [7, 11) is -3.50. The highest BCUT2D eigenvalue weighted by molar-refractivity contribution is 7.89. The van der Waals surface area contributed by atoms with Crippen LogP contribution >= 0.6 is 0 Å². The number of aryl methyl sites for hydroxylation is 2. The summed E-state index contributed by atoms with van der Waals surface area (Å²) < 4.78 is 27.0. The maximum Gasteiger partial charge on any atom is 0.254 e. The Bertz CT molecular complexity index is 1010. The third-order valence-corrected chi connectivity index (χ3v) is 7.09. The van der Waals surface area contributed by atoms with Gasteiger partial charge in [0.2, 0.25) is 10.0 Å². The fourth-order valence-electron chi connectivity index (χ4n) is 3.23. The summed E-state index contributed by atoms with van der Waals surface area (Å²) in [6.45, 7) is 7.68. The number of benzene rings is 2. The molecule has 1 aliphatic heterocycles. The van der Waals surface area contributed by atoms with Crippen molar-refractivity contribution in [3.05, 3.63) is 65.2 Å². The Balaban J connectivity index is 1.50. The fraction of sp³-hybridized carbons (Fsp3) is 0.364. The topological polar surface area (TPSA) is 82.1 Å². The lowest BCUT2D eigenvalue weighted by atomic mass is 10.1. The molecule has 2 aromatic carbocycles. The van der Waals surface area contributed by atoms with Gasteiger partial charge < -0.3 is 0 Å². The molecule has 1 aliphatic rings. The molecule has 0 atom stereocenters. The van der Waals surface area contributed by atoms with Gasteiger partial charge in [0, 0.05) is 26.2 Å². The van der Waals surface area contributed by atoms with Crippen molar-refractivity contribution in [3.63, 3.8) is 0 Å². The molecule has 8 heteroatoms. The second-order valence-corrected chi connectivity index (χ2v) is 9.53. The van der Waals surface area contributed by atoms with Crippen LogP contribution < -0.4 is 5.43 Å². The lowest BCUT2D eigenvalue weighted by molar-refractivity contribution is -0.122. The number of amides is 1. The Morgan fingerprint density at radius 3 is 2.03 bits per heavy atom. The van der Waals surface area contributed by atoms with Crippen LogP contribution in [-0.4, -0.2) is 62.0 Å². The first kappa shape index (κ1) is 22.1. The number of carbonyl (C=O) groups is 1. The number of sulfonamides is 1. The zero-order valence-corrected chi connectivity index (χ0v) is 18.4. The summed E-state index contributed by atoms with van der Waals surface area (Å²) in [4.78, 5) is 14.5. The zero-order valence-electron chi connectivity index (χ0n) is 17.6. The van der Waals surface area contributed by atoms with E-state index in [9.17, 15) is 13.2 Å². The van der Waals surface area contributed by atoms with Crippen LogP contribution in [0.15, 0.2) is 58.5 Å². The number of nitrogens with one attached hydrogen (secondary N) is 1. The van der Waals surface area contributed by atoms with E-state index in [1.807, 2.05) is 49.9 Å². The van der Waals surface area contributed by atoms with Gasteiger partial charge in [-0.05, 0) is 38.5 Å². The summed E-state index contributed by atoms with van der Waals surface area (Å²) in [6.07, 6.45) is 0. The second-order valence-electron chi connectivity index (χ2n) is 7.59. The number of hydrogen-bond donors (Lipinski definition) is 1. The number of hydrazone groups is 1. The summed E-state index contributed by atoms with van der Waals surface area (Å²) in [5.41, 5.74) is 6.46. The van der Waals surface area contributed by atoms with Gasteiger partial charge in [0.05, 0.1) is 17.2 Å². The van der Waals surface area contributed by atoms with Crippen molar-refractivity contribution in [2.45, 2.75) is 25.7 Å². The average molecular weight is 429 g/mol. The van der Waals surface area contributed by atoms with E-state index in [1.165, 1.54) is 9.87 Å². The lowest BCUT2D eigenvalue weighted by Crippen LogP contribution is -2.50. The third-order valence-electron chi connectivity index (χ3n) is 5.17. The summed E-state index contributed by atoms with van der Waals surface area (Å²) >= 11 is 0. The van der Waals surface area contributed by atoms with Crippen molar-refractivity contribution in [3.8, 4) is 0 Å². The van der Waals surface area contributed by atoms with Gasteiger partial charge in [-0.1, -0.05) is 47.5 Å². The van der Waals surface area contributed by atoms with Crippen LogP contribution in [-0.2, 0) is 14.8 Å². The minimum atomic E-state index is -3.50. The van der Waals surface area contributed by atoms with Gasteiger partial charge >= 0.3 is 0 Å². The summed E-state index contributed by atoms with van der Waals surface area (Å²) in [5, 5.41) is 4.17. The molecule has 2 aromatic rings. The predicted molar refractivity (Wildman–Crippen MR) is 118 cm³/mol. The minimum absolute atomic E-state index is 0.184. The van der Waals surface area contributed by atoms with Crippen molar-refractivity contribution < 1.29 is 13.2 Å². The summed E-state index contributed by atoms with van der Waals surface area (Å²) in [6, 6.07) is 14.8. The van der Waals surface area contributed by atoms with Crippen molar-refractivity contribution >= 4 is 21.6 Å². The zero-order chi connectivity index (χ0) is 21.7. The molecular formula is C22H28N4O3S. The standard InChI is InChI=1S/C22H28N4O3S/c1-17-4-8-20(9-5-17)19(3)23-24-22(27)16-25-12-14-26(15-13-25)30(28,29)21-10-6-18(2)7-11-21/h4-11H,12-16H2,1-3H3,(H,24,27). The predicted octanol–water partition coefficient (Wildman–Crippen LogP) is 2.15. The largest absolute Gasteiger partial charge is 0.292 e. The first-order valence-corrected chi connectivity index (χ1v) is 11.4. The van der Waals surface area contributed by atoms with E-state index < -0.39 is 10.0 Å². The second kappa shape index (κ2) is 9.51. The minimum Gasteiger partial charge on any atom is -0.292 e. The van der Waals surface area contributed by atoms with E-state index in [4.69, 9.17) is 0 Å². The monoisotopic (exact) mass is 428 g/mol. The molecule has 0 spiro atoms. The van der Waals surface area contributed by atoms with Crippen LogP contribution in [0.3, 0.4) is 0 Å². The van der Waals surface area contributed by atoms with Crippen LogP contribution in [0.25, 0.3) is 0 Å². The van der Waals surface area contributed by atoms with E-state index in [-0.39, 0.29) is 12.5 Å². The Morgan fingerprint density at radius 2 is 1.47 bits per heavy atom. The molecule has 0 bridgehead atoms.